The van der Waals surface area contributed by atoms with Gasteiger partial charge in [0, 0.05) is 38.3 Å². The molecule has 2 amide bonds. The highest BCUT2D eigenvalue weighted by Gasteiger charge is 2.43. The molecule has 3 heterocycles. The summed E-state index contributed by atoms with van der Waals surface area (Å²) >= 11 is 0. The van der Waals surface area contributed by atoms with E-state index in [-0.39, 0.29) is 12.1 Å². The summed E-state index contributed by atoms with van der Waals surface area (Å²) in [5, 5.41) is 2.99. The molecule has 2 saturated heterocycles. The molecule has 2 aromatic rings. The lowest BCUT2D eigenvalue weighted by atomic mass is 10.1. The van der Waals surface area contributed by atoms with Crippen LogP contribution < -0.4 is 15.0 Å². The number of nitrogens with one attached hydrogen (secondary N) is 1. The molecule has 6 nitrogen and oxygen atoms in total. The van der Waals surface area contributed by atoms with Crippen LogP contribution in [0.2, 0.25) is 0 Å². The number of amides is 2. The Balaban J connectivity index is 1.30. The fourth-order valence-electron chi connectivity index (χ4n) is 4.35. The van der Waals surface area contributed by atoms with E-state index in [2.05, 4.69) is 10.3 Å². The van der Waals surface area contributed by atoms with Crippen LogP contribution in [0.15, 0.2) is 42.6 Å². The summed E-state index contributed by atoms with van der Waals surface area (Å²) in [6.07, 6.45) is -1.92. The minimum absolute atomic E-state index is 0.0464. The Morgan fingerprint density at radius 1 is 1.19 bits per heavy atom. The van der Waals surface area contributed by atoms with Crippen LogP contribution in [0.5, 0.6) is 5.75 Å². The van der Waals surface area contributed by atoms with Gasteiger partial charge in [-0.15, -0.1) is 0 Å². The van der Waals surface area contributed by atoms with Crippen LogP contribution in [0.1, 0.15) is 17.5 Å². The summed E-state index contributed by atoms with van der Waals surface area (Å²) in [5.41, 5.74) is 0.356. The highest BCUT2D eigenvalue weighted by molar-refractivity contribution is 5.75. The number of pyridine rings is 1. The van der Waals surface area contributed by atoms with E-state index in [1.54, 1.807) is 7.11 Å². The normalized spacial score (nSPS) is 20.6. The third-order valence-corrected chi connectivity index (χ3v) is 6.06. The number of ether oxygens (including phenoxy) is 1. The van der Waals surface area contributed by atoms with Gasteiger partial charge in [0.15, 0.2) is 0 Å². The quantitative estimate of drug-likeness (QED) is 0.782. The summed E-state index contributed by atoms with van der Waals surface area (Å²) < 4.78 is 43.4. The number of benzene rings is 1. The van der Waals surface area contributed by atoms with Crippen LogP contribution in [0.25, 0.3) is 0 Å². The number of aromatic nitrogens is 1. The van der Waals surface area contributed by atoms with Crippen LogP contribution in [-0.2, 0) is 12.6 Å². The van der Waals surface area contributed by atoms with Crippen LogP contribution in [0.4, 0.5) is 23.8 Å². The van der Waals surface area contributed by atoms with Crippen molar-refractivity contribution in [3.05, 3.63) is 53.7 Å². The van der Waals surface area contributed by atoms with Gasteiger partial charge >= 0.3 is 12.2 Å². The molecule has 1 aromatic heterocycles. The van der Waals surface area contributed by atoms with Gasteiger partial charge < -0.3 is 19.9 Å². The second-order valence-corrected chi connectivity index (χ2v) is 7.95. The number of hydrogen-bond donors (Lipinski definition) is 1. The summed E-state index contributed by atoms with van der Waals surface area (Å²) in [6, 6.07) is 10.2. The number of nitrogens with zero attached hydrogens (tertiary/aromatic N) is 3. The number of rotatable bonds is 5. The van der Waals surface area contributed by atoms with Crippen LogP contribution in [-0.4, -0.2) is 55.2 Å². The zero-order chi connectivity index (χ0) is 22.0. The van der Waals surface area contributed by atoms with E-state index in [4.69, 9.17) is 4.74 Å². The van der Waals surface area contributed by atoms with Gasteiger partial charge in [0.2, 0.25) is 0 Å². The lowest BCUT2D eigenvalue weighted by Gasteiger charge is -2.25. The maximum atomic E-state index is 12.8. The highest BCUT2D eigenvalue weighted by Crippen LogP contribution is 2.35. The van der Waals surface area contributed by atoms with Crippen LogP contribution in [0, 0.1) is 5.92 Å². The van der Waals surface area contributed by atoms with E-state index in [0.717, 1.165) is 36.4 Å². The smallest absolute Gasteiger partial charge is 0.417 e. The molecule has 1 N–H and O–H groups in total. The number of anilines is 1. The Labute approximate surface area is 179 Å². The largest absolute Gasteiger partial charge is 0.497 e. The number of halogens is 3. The van der Waals surface area contributed by atoms with E-state index >= 15 is 0 Å². The number of carbonyl (C=O) groups excluding carboxylic acids is 1. The molecule has 0 aliphatic carbocycles. The van der Waals surface area contributed by atoms with E-state index in [0.29, 0.717) is 37.9 Å². The first-order valence-electron chi connectivity index (χ1n) is 10.3. The number of hydrogen-bond acceptors (Lipinski definition) is 4. The SMILES string of the molecule is COc1ccc(CCNC(=O)N2CCC3CN(c4ccc(C(F)(F)F)cn4)CC32)cc1. The standard InChI is InChI=1S/C22H25F3N4O2/c1-31-18-5-2-15(3-6-18)8-10-26-21(30)29-11-9-16-13-28(14-19(16)29)20-7-4-17(12-27-20)22(23,24)25/h2-7,12,16,19H,8-11,13-14H2,1H3,(H,26,30). The van der Waals surface area contributed by atoms with Gasteiger partial charge in [-0.3, -0.25) is 0 Å². The molecule has 9 heteroatoms. The van der Waals surface area contributed by atoms with Crippen molar-refractivity contribution in [2.75, 3.05) is 38.2 Å². The van der Waals surface area contributed by atoms with Crippen LogP contribution in [0.3, 0.4) is 0 Å². The van der Waals surface area contributed by atoms with Crippen molar-refractivity contribution in [3.63, 3.8) is 0 Å². The van der Waals surface area contributed by atoms with Gasteiger partial charge in [-0.25, -0.2) is 9.78 Å². The molecular weight excluding hydrogens is 409 g/mol. The second-order valence-electron chi connectivity index (χ2n) is 7.95. The molecule has 2 fully saturated rings. The topological polar surface area (TPSA) is 57.7 Å². The maximum absolute atomic E-state index is 12.8. The Morgan fingerprint density at radius 2 is 1.97 bits per heavy atom. The average Bonchev–Trinajstić information content (AvgIpc) is 3.34. The number of urea groups is 1. The molecular formula is C22H25F3N4O2. The van der Waals surface area contributed by atoms with Crippen molar-refractivity contribution >= 4 is 11.8 Å². The van der Waals surface area contributed by atoms with Gasteiger partial charge in [0.1, 0.15) is 11.6 Å². The Kier molecular flexibility index (Phi) is 5.93. The fraction of sp³-hybridized carbons (Fsp3) is 0.455. The third-order valence-electron chi connectivity index (χ3n) is 6.06. The molecule has 0 radical (unpaired) electrons. The zero-order valence-corrected chi connectivity index (χ0v) is 17.2. The summed E-state index contributed by atoms with van der Waals surface area (Å²) in [4.78, 5) is 20.5. The van der Waals surface area contributed by atoms with E-state index in [1.165, 1.54) is 6.07 Å². The molecule has 4 rings (SSSR count). The van der Waals surface area contributed by atoms with Crippen molar-refractivity contribution < 1.29 is 22.7 Å². The summed E-state index contributed by atoms with van der Waals surface area (Å²) in [5.74, 6) is 1.61. The molecule has 2 aliphatic rings. The Hall–Kier alpha value is -2.97. The Morgan fingerprint density at radius 3 is 2.61 bits per heavy atom. The fourth-order valence-corrected chi connectivity index (χ4v) is 4.35. The van der Waals surface area contributed by atoms with E-state index in [1.807, 2.05) is 34.1 Å². The second kappa shape index (κ2) is 8.64. The first kappa shape index (κ1) is 21.3. The molecule has 31 heavy (non-hydrogen) atoms. The van der Waals surface area contributed by atoms with Gasteiger partial charge in [-0.2, -0.15) is 13.2 Å². The minimum Gasteiger partial charge on any atom is -0.497 e. The molecule has 2 unspecified atom stereocenters. The lowest BCUT2D eigenvalue weighted by Crippen LogP contribution is -2.45. The van der Waals surface area contributed by atoms with Crippen molar-refractivity contribution in [2.45, 2.75) is 25.1 Å². The van der Waals surface area contributed by atoms with E-state index < -0.39 is 11.7 Å². The molecule has 2 atom stereocenters. The summed E-state index contributed by atoms with van der Waals surface area (Å²) in [6.45, 7) is 2.49. The van der Waals surface area contributed by atoms with Gasteiger partial charge in [0.25, 0.3) is 0 Å². The number of methoxy groups -OCH3 is 1. The van der Waals surface area contributed by atoms with E-state index in [9.17, 15) is 18.0 Å². The summed E-state index contributed by atoms with van der Waals surface area (Å²) in [7, 11) is 1.62. The number of carbonyl (C=O) groups is 1. The van der Waals surface area contributed by atoms with Crippen molar-refractivity contribution in [3.8, 4) is 5.75 Å². The van der Waals surface area contributed by atoms with Crippen molar-refractivity contribution in [1.29, 1.82) is 0 Å². The van der Waals surface area contributed by atoms with Crippen LogP contribution >= 0.6 is 0 Å². The molecule has 1 aromatic carbocycles. The molecule has 2 aliphatic heterocycles. The van der Waals surface area contributed by atoms with Crippen molar-refractivity contribution in [2.24, 2.45) is 5.92 Å². The van der Waals surface area contributed by atoms with Crippen molar-refractivity contribution in [1.82, 2.24) is 15.2 Å². The molecule has 166 valence electrons. The van der Waals surface area contributed by atoms with Gasteiger partial charge in [-0.1, -0.05) is 12.1 Å². The molecule has 0 bridgehead atoms. The number of likely N-dealkylation sites (tertiary alicyclic amines) is 1. The third kappa shape index (κ3) is 4.70. The number of fused-ring (bicyclic) bond motifs is 1. The lowest BCUT2D eigenvalue weighted by molar-refractivity contribution is -0.137. The minimum atomic E-state index is -4.40. The predicted molar refractivity (Wildman–Crippen MR) is 110 cm³/mol. The number of alkyl halides is 3. The monoisotopic (exact) mass is 434 g/mol. The van der Waals surface area contributed by atoms with Gasteiger partial charge in [-0.05, 0) is 42.7 Å². The Bertz CT molecular complexity index is 902. The maximum Gasteiger partial charge on any atom is 0.417 e. The predicted octanol–water partition coefficient (Wildman–Crippen LogP) is 3.57. The highest BCUT2D eigenvalue weighted by atomic mass is 19.4. The average molecular weight is 434 g/mol. The zero-order valence-electron chi connectivity index (χ0n) is 17.2. The molecule has 0 spiro atoms. The first-order chi connectivity index (χ1) is 14.8. The van der Waals surface area contributed by atoms with Gasteiger partial charge in [0.05, 0.1) is 18.7 Å². The molecule has 0 saturated carbocycles. The first-order valence-corrected chi connectivity index (χ1v) is 10.3.